The first-order valence-electron chi connectivity index (χ1n) is 13.1. The van der Waals surface area contributed by atoms with Gasteiger partial charge in [-0.1, -0.05) is 36.6 Å². The van der Waals surface area contributed by atoms with Gasteiger partial charge in [-0.25, -0.2) is 9.59 Å². The molecule has 3 amide bonds. The zero-order chi connectivity index (χ0) is 25.8. The van der Waals surface area contributed by atoms with E-state index in [1.54, 1.807) is 24.0 Å². The van der Waals surface area contributed by atoms with E-state index in [0.29, 0.717) is 49.0 Å². The summed E-state index contributed by atoms with van der Waals surface area (Å²) in [5.74, 6) is 0.00462. The molecule has 1 aromatic carbocycles. The number of rotatable bonds is 7. The molecule has 2 fully saturated rings. The standard InChI is InChI=1S/C27H37ClN4O4/c1-4-31-22(17-30-14-15-32(18(3)16-30)25(33)20-8-6-7-9-20)23(26(34)36-5-2)24(29-27(31)35)19-10-12-21(28)13-11-19/h10-13,18,20,24H,4-9,14-17H2,1-3H3,(H,29,35). The summed E-state index contributed by atoms with van der Waals surface area (Å²) in [6, 6.07) is 6.33. The zero-order valence-electron chi connectivity index (χ0n) is 21.5. The number of amides is 3. The van der Waals surface area contributed by atoms with Gasteiger partial charge in [0.25, 0.3) is 0 Å². The van der Waals surface area contributed by atoms with Crippen molar-refractivity contribution in [2.75, 3.05) is 39.3 Å². The molecule has 2 unspecified atom stereocenters. The summed E-state index contributed by atoms with van der Waals surface area (Å²) in [6.07, 6.45) is 4.26. The van der Waals surface area contributed by atoms with Gasteiger partial charge in [-0.2, -0.15) is 0 Å². The van der Waals surface area contributed by atoms with Crippen molar-refractivity contribution < 1.29 is 19.1 Å². The molecule has 2 heterocycles. The van der Waals surface area contributed by atoms with Crippen LogP contribution in [-0.2, 0) is 14.3 Å². The first kappa shape index (κ1) is 26.5. The Morgan fingerprint density at radius 1 is 1.11 bits per heavy atom. The maximum absolute atomic E-state index is 13.3. The van der Waals surface area contributed by atoms with Crippen LogP contribution in [0, 0.1) is 5.92 Å². The van der Waals surface area contributed by atoms with Crippen LogP contribution in [0.2, 0.25) is 5.02 Å². The highest BCUT2D eigenvalue weighted by Crippen LogP contribution is 2.33. The molecule has 1 aromatic rings. The van der Waals surface area contributed by atoms with Crippen LogP contribution in [0.5, 0.6) is 0 Å². The average molecular weight is 517 g/mol. The van der Waals surface area contributed by atoms with E-state index in [2.05, 4.69) is 17.1 Å². The van der Waals surface area contributed by atoms with Crippen LogP contribution in [0.3, 0.4) is 0 Å². The Labute approximate surface area is 218 Å². The Balaban J connectivity index is 1.61. The fourth-order valence-electron chi connectivity index (χ4n) is 5.69. The number of ether oxygens (including phenoxy) is 1. The summed E-state index contributed by atoms with van der Waals surface area (Å²) in [7, 11) is 0. The van der Waals surface area contributed by atoms with Gasteiger partial charge in [0.1, 0.15) is 0 Å². The van der Waals surface area contributed by atoms with Gasteiger partial charge in [0.2, 0.25) is 5.91 Å². The van der Waals surface area contributed by atoms with Gasteiger partial charge < -0.3 is 15.0 Å². The molecule has 196 valence electrons. The summed E-state index contributed by atoms with van der Waals surface area (Å²) in [5.41, 5.74) is 1.87. The average Bonchev–Trinajstić information content (AvgIpc) is 3.39. The largest absolute Gasteiger partial charge is 0.463 e. The van der Waals surface area contributed by atoms with Crippen molar-refractivity contribution in [2.24, 2.45) is 5.92 Å². The Hall–Kier alpha value is -2.58. The smallest absolute Gasteiger partial charge is 0.338 e. The number of carbonyl (C=O) groups excluding carboxylic acids is 3. The minimum Gasteiger partial charge on any atom is -0.463 e. The molecule has 1 saturated carbocycles. The molecule has 1 aliphatic carbocycles. The van der Waals surface area contributed by atoms with E-state index in [1.165, 1.54) is 0 Å². The fraction of sp³-hybridized carbons (Fsp3) is 0.593. The summed E-state index contributed by atoms with van der Waals surface area (Å²) < 4.78 is 5.46. The van der Waals surface area contributed by atoms with Crippen LogP contribution < -0.4 is 5.32 Å². The van der Waals surface area contributed by atoms with Gasteiger partial charge in [-0.3, -0.25) is 14.6 Å². The molecular weight excluding hydrogens is 480 g/mol. The number of esters is 1. The van der Waals surface area contributed by atoms with E-state index in [9.17, 15) is 14.4 Å². The molecule has 8 nitrogen and oxygen atoms in total. The van der Waals surface area contributed by atoms with E-state index in [-0.39, 0.29) is 30.5 Å². The third-order valence-corrected chi connectivity index (χ3v) is 7.78. The lowest BCUT2D eigenvalue weighted by molar-refractivity contribution is -0.140. The SMILES string of the molecule is CCOC(=O)C1=C(CN2CCN(C(=O)C3CCCC3)C(C)C2)N(CC)C(=O)NC1c1ccc(Cl)cc1. The number of halogens is 1. The maximum Gasteiger partial charge on any atom is 0.338 e. The predicted octanol–water partition coefficient (Wildman–Crippen LogP) is 3.97. The number of carbonyl (C=O) groups is 3. The molecule has 3 aliphatic rings. The number of benzene rings is 1. The number of likely N-dealkylation sites (N-methyl/N-ethyl adjacent to an activating group) is 1. The second-order valence-electron chi connectivity index (χ2n) is 9.86. The molecule has 2 atom stereocenters. The van der Waals surface area contributed by atoms with E-state index in [0.717, 1.165) is 31.2 Å². The summed E-state index contributed by atoms with van der Waals surface area (Å²) in [4.78, 5) is 45.3. The molecule has 0 bridgehead atoms. The van der Waals surface area contributed by atoms with E-state index in [1.807, 2.05) is 24.0 Å². The monoisotopic (exact) mass is 516 g/mol. The van der Waals surface area contributed by atoms with Crippen molar-refractivity contribution in [1.29, 1.82) is 0 Å². The predicted molar refractivity (Wildman–Crippen MR) is 138 cm³/mol. The molecular formula is C27H37ClN4O4. The number of hydrogen-bond acceptors (Lipinski definition) is 5. The molecule has 4 rings (SSSR count). The minimum absolute atomic E-state index is 0.0676. The van der Waals surface area contributed by atoms with Gasteiger partial charge in [-0.15, -0.1) is 0 Å². The molecule has 0 spiro atoms. The lowest BCUT2D eigenvalue weighted by Crippen LogP contribution is -2.57. The van der Waals surface area contributed by atoms with E-state index in [4.69, 9.17) is 16.3 Å². The summed E-state index contributed by atoms with van der Waals surface area (Å²) in [5, 5.41) is 3.57. The third-order valence-electron chi connectivity index (χ3n) is 7.53. The van der Waals surface area contributed by atoms with Crippen LogP contribution in [0.25, 0.3) is 0 Å². The summed E-state index contributed by atoms with van der Waals surface area (Å²) in [6.45, 7) is 8.86. The number of nitrogens with one attached hydrogen (secondary N) is 1. The number of urea groups is 1. The van der Waals surface area contributed by atoms with Crippen LogP contribution in [0.4, 0.5) is 4.79 Å². The van der Waals surface area contributed by atoms with Crippen LogP contribution in [0.15, 0.2) is 35.5 Å². The normalized spacial score (nSPS) is 23.7. The second kappa shape index (κ2) is 11.6. The quantitative estimate of drug-likeness (QED) is 0.555. The molecule has 36 heavy (non-hydrogen) atoms. The van der Waals surface area contributed by atoms with Gasteiger partial charge in [0.05, 0.1) is 18.2 Å². The Morgan fingerprint density at radius 3 is 2.42 bits per heavy atom. The van der Waals surface area contributed by atoms with Crippen molar-refractivity contribution in [1.82, 2.24) is 20.0 Å². The van der Waals surface area contributed by atoms with Gasteiger partial charge in [0, 0.05) is 55.4 Å². The molecule has 2 aliphatic heterocycles. The van der Waals surface area contributed by atoms with Gasteiger partial charge in [0.15, 0.2) is 0 Å². The highest BCUT2D eigenvalue weighted by molar-refractivity contribution is 6.30. The van der Waals surface area contributed by atoms with Crippen molar-refractivity contribution in [3.05, 3.63) is 46.1 Å². The van der Waals surface area contributed by atoms with E-state index >= 15 is 0 Å². The number of piperazine rings is 1. The van der Waals surface area contributed by atoms with Crippen LogP contribution >= 0.6 is 11.6 Å². The van der Waals surface area contributed by atoms with Crippen LogP contribution in [0.1, 0.15) is 58.1 Å². The maximum atomic E-state index is 13.3. The number of nitrogens with zero attached hydrogens (tertiary/aromatic N) is 3. The lowest BCUT2D eigenvalue weighted by Gasteiger charge is -2.43. The molecule has 1 saturated heterocycles. The van der Waals surface area contributed by atoms with Crippen molar-refractivity contribution in [3.63, 3.8) is 0 Å². The van der Waals surface area contributed by atoms with Crippen molar-refractivity contribution >= 4 is 29.5 Å². The number of hydrogen-bond donors (Lipinski definition) is 1. The Kier molecular flexibility index (Phi) is 8.57. The summed E-state index contributed by atoms with van der Waals surface area (Å²) >= 11 is 6.09. The molecule has 1 N–H and O–H groups in total. The Morgan fingerprint density at radius 2 is 1.81 bits per heavy atom. The van der Waals surface area contributed by atoms with Crippen LogP contribution in [-0.4, -0.2) is 78.0 Å². The van der Waals surface area contributed by atoms with Gasteiger partial charge in [-0.05, 0) is 51.3 Å². The molecule has 0 radical (unpaired) electrons. The molecule has 9 heteroatoms. The highest BCUT2D eigenvalue weighted by atomic mass is 35.5. The Bertz CT molecular complexity index is 1010. The minimum atomic E-state index is -0.630. The zero-order valence-corrected chi connectivity index (χ0v) is 22.2. The first-order valence-corrected chi connectivity index (χ1v) is 13.5. The first-order chi connectivity index (χ1) is 17.3. The third kappa shape index (κ3) is 5.54. The van der Waals surface area contributed by atoms with Gasteiger partial charge >= 0.3 is 12.0 Å². The fourth-order valence-corrected chi connectivity index (χ4v) is 5.81. The highest BCUT2D eigenvalue weighted by Gasteiger charge is 2.39. The topological polar surface area (TPSA) is 82.2 Å². The second-order valence-corrected chi connectivity index (χ2v) is 10.3. The van der Waals surface area contributed by atoms with Crippen molar-refractivity contribution in [2.45, 2.75) is 58.5 Å². The molecule has 0 aromatic heterocycles. The van der Waals surface area contributed by atoms with E-state index < -0.39 is 12.0 Å². The van der Waals surface area contributed by atoms with Crippen molar-refractivity contribution in [3.8, 4) is 0 Å². The lowest BCUT2D eigenvalue weighted by atomic mass is 9.94.